The Morgan fingerprint density at radius 3 is 1.52 bits per heavy atom. The van der Waals surface area contributed by atoms with Crippen molar-refractivity contribution in [2.45, 2.75) is 90.5 Å². The zero-order valence-corrected chi connectivity index (χ0v) is 18.0. The average molecular weight is 362 g/mol. The summed E-state index contributed by atoms with van der Waals surface area (Å²) in [4.78, 5) is 0. The standard InChI is InChI=1S/C26H35N/c1-25(2,3)18-12-14-23-21(16-18)22-17-19(26(4,5)6)13-15-24(22)27(23)20-10-8-7-9-11-20/h12-17,20H,7-11H2,1-6H3. The molecule has 0 bridgehead atoms. The smallest absolute Gasteiger partial charge is 0.0494 e. The van der Waals surface area contributed by atoms with Crippen molar-refractivity contribution in [2.24, 2.45) is 0 Å². The van der Waals surface area contributed by atoms with Gasteiger partial charge < -0.3 is 4.57 Å². The first-order valence-corrected chi connectivity index (χ1v) is 10.7. The second-order valence-electron chi connectivity index (χ2n) is 10.6. The fourth-order valence-electron chi connectivity index (χ4n) is 4.72. The van der Waals surface area contributed by atoms with Crippen LogP contribution in [0.2, 0.25) is 0 Å². The van der Waals surface area contributed by atoms with Crippen LogP contribution in [0.15, 0.2) is 36.4 Å². The van der Waals surface area contributed by atoms with E-state index in [1.54, 1.807) is 0 Å². The molecule has 1 aliphatic carbocycles. The highest BCUT2D eigenvalue weighted by Gasteiger charge is 2.23. The predicted octanol–water partition coefficient (Wildman–Crippen LogP) is 7.89. The van der Waals surface area contributed by atoms with Crippen LogP contribution in [0, 0.1) is 0 Å². The maximum Gasteiger partial charge on any atom is 0.0494 e. The molecule has 27 heavy (non-hydrogen) atoms. The number of benzene rings is 2. The Balaban J connectivity index is 2.03. The molecule has 1 aliphatic rings. The molecule has 0 radical (unpaired) electrons. The first kappa shape index (κ1) is 18.6. The van der Waals surface area contributed by atoms with Gasteiger partial charge in [-0.2, -0.15) is 0 Å². The monoisotopic (exact) mass is 361 g/mol. The van der Waals surface area contributed by atoms with Crippen molar-refractivity contribution in [3.8, 4) is 0 Å². The van der Waals surface area contributed by atoms with Crippen LogP contribution in [0.5, 0.6) is 0 Å². The molecular weight excluding hydrogens is 326 g/mol. The summed E-state index contributed by atoms with van der Waals surface area (Å²) in [6.07, 6.45) is 6.77. The Morgan fingerprint density at radius 2 is 1.11 bits per heavy atom. The van der Waals surface area contributed by atoms with Gasteiger partial charge in [0.1, 0.15) is 0 Å². The number of aromatic nitrogens is 1. The van der Waals surface area contributed by atoms with Crippen LogP contribution in [0.3, 0.4) is 0 Å². The van der Waals surface area contributed by atoms with Crippen molar-refractivity contribution in [2.75, 3.05) is 0 Å². The molecule has 2 aromatic carbocycles. The van der Waals surface area contributed by atoms with Crippen molar-refractivity contribution >= 4 is 21.8 Å². The average Bonchev–Trinajstić information content (AvgIpc) is 2.94. The zero-order chi connectivity index (χ0) is 19.4. The van der Waals surface area contributed by atoms with Gasteiger partial charge in [-0.3, -0.25) is 0 Å². The molecule has 4 rings (SSSR count). The van der Waals surface area contributed by atoms with E-state index < -0.39 is 0 Å². The van der Waals surface area contributed by atoms with Crippen LogP contribution >= 0.6 is 0 Å². The molecule has 3 aromatic rings. The third kappa shape index (κ3) is 3.30. The van der Waals surface area contributed by atoms with Gasteiger partial charge in [0.25, 0.3) is 0 Å². The van der Waals surface area contributed by atoms with Gasteiger partial charge >= 0.3 is 0 Å². The van der Waals surface area contributed by atoms with E-state index in [0.29, 0.717) is 6.04 Å². The minimum absolute atomic E-state index is 0.176. The maximum atomic E-state index is 2.67. The summed E-state index contributed by atoms with van der Waals surface area (Å²) in [5.41, 5.74) is 6.06. The molecule has 0 atom stereocenters. The van der Waals surface area contributed by atoms with Crippen LogP contribution in [-0.2, 0) is 10.8 Å². The molecular formula is C26H35N. The van der Waals surface area contributed by atoms with Crippen LogP contribution in [0.1, 0.15) is 90.8 Å². The highest BCUT2D eigenvalue weighted by molar-refractivity contribution is 6.08. The summed E-state index contributed by atoms with van der Waals surface area (Å²) >= 11 is 0. The lowest BCUT2D eigenvalue weighted by molar-refractivity contribution is 0.367. The molecule has 0 amide bonds. The number of nitrogens with zero attached hydrogens (tertiary/aromatic N) is 1. The molecule has 1 nitrogen and oxygen atoms in total. The van der Waals surface area contributed by atoms with E-state index in [2.05, 4.69) is 82.5 Å². The number of hydrogen-bond acceptors (Lipinski definition) is 0. The molecule has 1 heterocycles. The summed E-state index contributed by atoms with van der Waals surface area (Å²) in [5.74, 6) is 0. The summed E-state index contributed by atoms with van der Waals surface area (Å²) < 4.78 is 2.67. The van der Waals surface area contributed by atoms with E-state index in [9.17, 15) is 0 Å². The van der Waals surface area contributed by atoms with Gasteiger partial charge in [-0.15, -0.1) is 0 Å². The van der Waals surface area contributed by atoms with Gasteiger partial charge in [-0.05, 0) is 59.1 Å². The fourth-order valence-corrected chi connectivity index (χ4v) is 4.72. The summed E-state index contributed by atoms with van der Waals surface area (Å²) in [6, 6.07) is 15.1. The highest BCUT2D eigenvalue weighted by atomic mass is 15.0. The second kappa shape index (κ2) is 6.40. The predicted molar refractivity (Wildman–Crippen MR) is 119 cm³/mol. The Bertz CT molecular complexity index is 898. The SMILES string of the molecule is CC(C)(C)c1ccc2c(c1)c1cc(C(C)(C)C)ccc1n2C1CCCCC1. The summed E-state index contributed by atoms with van der Waals surface area (Å²) in [6.45, 7) is 13.9. The molecule has 144 valence electrons. The largest absolute Gasteiger partial charge is 0.337 e. The van der Waals surface area contributed by atoms with E-state index in [1.807, 2.05) is 0 Å². The van der Waals surface area contributed by atoms with E-state index in [1.165, 1.54) is 65.0 Å². The lowest BCUT2D eigenvalue weighted by atomic mass is 9.85. The second-order valence-corrected chi connectivity index (χ2v) is 10.6. The molecule has 0 spiro atoms. The highest BCUT2D eigenvalue weighted by Crippen LogP contribution is 2.40. The molecule has 0 aliphatic heterocycles. The van der Waals surface area contributed by atoms with Crippen LogP contribution < -0.4 is 0 Å². The lowest BCUT2D eigenvalue weighted by Gasteiger charge is -2.26. The van der Waals surface area contributed by atoms with Crippen LogP contribution in [0.25, 0.3) is 21.8 Å². The van der Waals surface area contributed by atoms with Gasteiger partial charge in [0.15, 0.2) is 0 Å². The molecule has 1 heteroatoms. The molecule has 0 unspecified atom stereocenters. The van der Waals surface area contributed by atoms with Gasteiger partial charge in [0, 0.05) is 27.8 Å². The van der Waals surface area contributed by atoms with Crippen LogP contribution in [0.4, 0.5) is 0 Å². The van der Waals surface area contributed by atoms with Crippen molar-refractivity contribution in [1.29, 1.82) is 0 Å². The minimum Gasteiger partial charge on any atom is -0.337 e. The maximum absolute atomic E-state index is 2.67. The minimum atomic E-state index is 0.176. The van der Waals surface area contributed by atoms with Crippen molar-refractivity contribution < 1.29 is 0 Å². The third-order valence-electron chi connectivity index (χ3n) is 6.47. The Morgan fingerprint density at radius 1 is 0.667 bits per heavy atom. The van der Waals surface area contributed by atoms with E-state index in [0.717, 1.165) is 0 Å². The van der Waals surface area contributed by atoms with Crippen molar-refractivity contribution in [3.05, 3.63) is 47.5 Å². The van der Waals surface area contributed by atoms with E-state index >= 15 is 0 Å². The quantitative estimate of drug-likeness (QED) is 0.415. The molecule has 0 saturated heterocycles. The van der Waals surface area contributed by atoms with Gasteiger partial charge in [-0.25, -0.2) is 0 Å². The normalized spacial score (nSPS) is 17.1. The first-order chi connectivity index (χ1) is 12.7. The molecule has 1 fully saturated rings. The van der Waals surface area contributed by atoms with E-state index in [-0.39, 0.29) is 10.8 Å². The summed E-state index contributed by atoms with van der Waals surface area (Å²) in [5, 5.41) is 2.88. The van der Waals surface area contributed by atoms with Crippen molar-refractivity contribution in [1.82, 2.24) is 4.57 Å². The Hall–Kier alpha value is -1.76. The van der Waals surface area contributed by atoms with Gasteiger partial charge in [0.05, 0.1) is 0 Å². The third-order valence-corrected chi connectivity index (χ3v) is 6.47. The molecule has 1 aromatic heterocycles. The zero-order valence-electron chi connectivity index (χ0n) is 18.0. The molecule has 0 N–H and O–H groups in total. The van der Waals surface area contributed by atoms with Gasteiger partial charge in [-0.1, -0.05) is 72.9 Å². The van der Waals surface area contributed by atoms with Gasteiger partial charge in [0.2, 0.25) is 0 Å². The first-order valence-electron chi connectivity index (χ1n) is 10.7. The lowest BCUT2D eigenvalue weighted by Crippen LogP contribution is -2.13. The number of fused-ring (bicyclic) bond motifs is 3. The van der Waals surface area contributed by atoms with Crippen molar-refractivity contribution in [3.63, 3.8) is 0 Å². The number of rotatable bonds is 1. The summed E-state index contributed by atoms with van der Waals surface area (Å²) in [7, 11) is 0. The molecule has 1 saturated carbocycles. The topological polar surface area (TPSA) is 4.93 Å². The van der Waals surface area contributed by atoms with E-state index in [4.69, 9.17) is 0 Å². The fraction of sp³-hybridized carbons (Fsp3) is 0.538. The van der Waals surface area contributed by atoms with Crippen LogP contribution in [-0.4, -0.2) is 4.57 Å². The Kier molecular flexibility index (Phi) is 4.41. The Labute approximate surface area is 164 Å². The number of hydrogen-bond donors (Lipinski definition) is 0.